The summed E-state index contributed by atoms with van der Waals surface area (Å²) in [7, 11) is -3.57. The molecular weight excluding hydrogens is 406 g/mol. The lowest BCUT2D eigenvalue weighted by molar-refractivity contribution is 0.278. The van der Waals surface area contributed by atoms with Gasteiger partial charge in [-0.1, -0.05) is 39.3 Å². The van der Waals surface area contributed by atoms with Crippen molar-refractivity contribution in [2.24, 2.45) is 0 Å². The third-order valence-electron chi connectivity index (χ3n) is 4.47. The highest BCUT2D eigenvalue weighted by molar-refractivity contribution is 9.10. The Bertz CT molecular complexity index is 831. The van der Waals surface area contributed by atoms with Gasteiger partial charge >= 0.3 is 0 Å². The van der Waals surface area contributed by atoms with E-state index in [2.05, 4.69) is 32.1 Å². The van der Waals surface area contributed by atoms with Gasteiger partial charge in [-0.3, -0.25) is 4.90 Å². The number of hydrogen-bond acceptors (Lipinski definition) is 5. The van der Waals surface area contributed by atoms with Crippen LogP contribution in [0.5, 0.6) is 0 Å². The first-order valence-electron chi connectivity index (χ1n) is 8.28. The Morgan fingerprint density at radius 3 is 2.60 bits per heavy atom. The second-order valence-electron chi connectivity index (χ2n) is 6.28. The van der Waals surface area contributed by atoms with Gasteiger partial charge in [-0.05, 0) is 38.4 Å². The summed E-state index contributed by atoms with van der Waals surface area (Å²) in [5, 5.41) is 3.78. The maximum Gasteiger partial charge on any atom is 0.248 e. The van der Waals surface area contributed by atoms with Gasteiger partial charge in [0.15, 0.2) is 5.76 Å². The second-order valence-corrected chi connectivity index (χ2v) is 9.01. The molecule has 0 atom stereocenters. The molecule has 0 aliphatic carbocycles. The highest BCUT2D eigenvalue weighted by atomic mass is 79.9. The van der Waals surface area contributed by atoms with E-state index in [0.717, 1.165) is 24.0 Å². The van der Waals surface area contributed by atoms with E-state index in [4.69, 9.17) is 4.52 Å². The molecule has 2 aromatic rings. The Morgan fingerprint density at radius 2 is 1.92 bits per heavy atom. The molecule has 6 nitrogen and oxygen atoms in total. The molecule has 136 valence electrons. The SMILES string of the molecule is Cc1noc(C)c1S(=O)(=O)N1CCCN(Cc2ccccc2Br)CC1. The number of sulfonamides is 1. The third kappa shape index (κ3) is 3.97. The van der Waals surface area contributed by atoms with Crippen molar-refractivity contribution < 1.29 is 12.9 Å². The maximum absolute atomic E-state index is 13.0. The van der Waals surface area contributed by atoms with E-state index in [1.807, 2.05) is 18.2 Å². The fraction of sp³-hybridized carbons (Fsp3) is 0.471. The van der Waals surface area contributed by atoms with Crippen molar-refractivity contribution in [3.8, 4) is 0 Å². The summed E-state index contributed by atoms with van der Waals surface area (Å²) in [5.74, 6) is 0.354. The molecule has 0 amide bonds. The monoisotopic (exact) mass is 427 g/mol. The van der Waals surface area contributed by atoms with Crippen molar-refractivity contribution in [3.63, 3.8) is 0 Å². The Morgan fingerprint density at radius 1 is 1.16 bits per heavy atom. The van der Waals surface area contributed by atoms with Crippen molar-refractivity contribution >= 4 is 26.0 Å². The van der Waals surface area contributed by atoms with Crippen molar-refractivity contribution in [2.45, 2.75) is 31.7 Å². The third-order valence-corrected chi connectivity index (χ3v) is 7.38. The minimum absolute atomic E-state index is 0.215. The van der Waals surface area contributed by atoms with Gasteiger partial charge < -0.3 is 4.52 Å². The van der Waals surface area contributed by atoms with Crippen LogP contribution in [0.2, 0.25) is 0 Å². The standard InChI is InChI=1S/C17H22BrN3O3S/c1-13-17(14(2)24-19-13)25(22,23)21-9-5-8-20(10-11-21)12-15-6-3-4-7-16(15)18/h3-4,6-7H,5,8-12H2,1-2H3. The molecule has 25 heavy (non-hydrogen) atoms. The highest BCUT2D eigenvalue weighted by Gasteiger charge is 2.32. The molecule has 0 saturated carbocycles. The molecule has 8 heteroatoms. The summed E-state index contributed by atoms with van der Waals surface area (Å²) < 4.78 is 33.6. The molecule has 1 aromatic carbocycles. The van der Waals surface area contributed by atoms with Crippen LogP contribution in [0.3, 0.4) is 0 Å². The van der Waals surface area contributed by atoms with E-state index >= 15 is 0 Å². The van der Waals surface area contributed by atoms with Crippen molar-refractivity contribution in [2.75, 3.05) is 26.2 Å². The zero-order valence-electron chi connectivity index (χ0n) is 14.4. The summed E-state index contributed by atoms with van der Waals surface area (Å²) in [6.07, 6.45) is 0.799. The van der Waals surface area contributed by atoms with Crippen LogP contribution in [0, 0.1) is 13.8 Å². The van der Waals surface area contributed by atoms with E-state index in [9.17, 15) is 8.42 Å². The van der Waals surface area contributed by atoms with Crippen molar-refractivity contribution in [1.82, 2.24) is 14.4 Å². The van der Waals surface area contributed by atoms with E-state index in [1.165, 1.54) is 5.56 Å². The fourth-order valence-corrected chi connectivity index (χ4v) is 5.36. The predicted octanol–water partition coefficient (Wildman–Crippen LogP) is 2.95. The van der Waals surface area contributed by atoms with Crippen LogP contribution in [-0.2, 0) is 16.6 Å². The summed E-state index contributed by atoms with van der Waals surface area (Å²) in [6.45, 7) is 6.67. The number of aryl methyl sites for hydroxylation is 2. The Kier molecular flexibility index (Phi) is 5.62. The molecule has 1 aliphatic heterocycles. The average Bonchev–Trinajstić information content (AvgIpc) is 2.77. The average molecular weight is 428 g/mol. The smallest absolute Gasteiger partial charge is 0.248 e. The van der Waals surface area contributed by atoms with Crippen molar-refractivity contribution in [1.29, 1.82) is 0 Å². The topological polar surface area (TPSA) is 66.7 Å². The molecule has 1 aromatic heterocycles. The van der Waals surface area contributed by atoms with Gasteiger partial charge in [0.05, 0.1) is 0 Å². The Hall–Kier alpha value is -1.22. The number of rotatable bonds is 4. The van der Waals surface area contributed by atoms with Crippen LogP contribution in [-0.4, -0.2) is 49.0 Å². The van der Waals surface area contributed by atoms with Gasteiger partial charge in [-0.2, -0.15) is 4.31 Å². The largest absolute Gasteiger partial charge is 0.360 e. The molecule has 0 radical (unpaired) electrons. The number of hydrogen-bond donors (Lipinski definition) is 0. The van der Waals surface area contributed by atoms with Crippen molar-refractivity contribution in [3.05, 3.63) is 45.8 Å². The second kappa shape index (κ2) is 7.57. The number of nitrogens with zero attached hydrogens (tertiary/aromatic N) is 3. The molecule has 0 unspecified atom stereocenters. The highest BCUT2D eigenvalue weighted by Crippen LogP contribution is 2.25. The minimum atomic E-state index is -3.57. The minimum Gasteiger partial charge on any atom is -0.360 e. The first kappa shape index (κ1) is 18.6. The van der Waals surface area contributed by atoms with E-state index in [0.29, 0.717) is 31.1 Å². The zero-order chi connectivity index (χ0) is 18.0. The summed E-state index contributed by atoms with van der Waals surface area (Å²) in [4.78, 5) is 2.51. The summed E-state index contributed by atoms with van der Waals surface area (Å²) in [5.41, 5.74) is 1.64. The summed E-state index contributed by atoms with van der Waals surface area (Å²) >= 11 is 3.58. The number of halogens is 1. The van der Waals surface area contributed by atoms with Crippen LogP contribution in [0.25, 0.3) is 0 Å². The number of benzene rings is 1. The predicted molar refractivity (Wildman–Crippen MR) is 98.8 cm³/mol. The lowest BCUT2D eigenvalue weighted by Crippen LogP contribution is -2.35. The maximum atomic E-state index is 13.0. The van der Waals surface area contributed by atoms with Gasteiger partial charge in [0.1, 0.15) is 10.6 Å². The van der Waals surface area contributed by atoms with E-state index in [1.54, 1.807) is 18.2 Å². The fourth-order valence-electron chi connectivity index (χ4n) is 3.19. The van der Waals surface area contributed by atoms with Crippen LogP contribution in [0.1, 0.15) is 23.4 Å². The molecule has 1 saturated heterocycles. The normalized spacial score (nSPS) is 17.6. The lowest BCUT2D eigenvalue weighted by Gasteiger charge is -2.22. The molecule has 0 bridgehead atoms. The van der Waals surface area contributed by atoms with Gasteiger partial charge in [0, 0.05) is 30.7 Å². The lowest BCUT2D eigenvalue weighted by atomic mass is 10.2. The molecular formula is C17H22BrN3O3S. The molecule has 1 fully saturated rings. The first-order valence-corrected chi connectivity index (χ1v) is 10.5. The molecule has 2 heterocycles. The molecule has 3 rings (SSSR count). The van der Waals surface area contributed by atoms with Gasteiger partial charge in [-0.15, -0.1) is 0 Å². The molecule has 0 spiro atoms. The zero-order valence-corrected chi connectivity index (χ0v) is 16.8. The van der Waals surface area contributed by atoms with Crippen LogP contribution >= 0.6 is 15.9 Å². The van der Waals surface area contributed by atoms with Gasteiger partial charge in [0.2, 0.25) is 10.0 Å². The number of aromatic nitrogens is 1. The van der Waals surface area contributed by atoms with E-state index < -0.39 is 10.0 Å². The Labute approximate surface area is 157 Å². The molecule has 1 aliphatic rings. The molecule has 0 N–H and O–H groups in total. The van der Waals surface area contributed by atoms with Crippen LogP contribution < -0.4 is 0 Å². The first-order chi connectivity index (χ1) is 11.9. The van der Waals surface area contributed by atoms with E-state index in [-0.39, 0.29) is 4.90 Å². The Balaban J connectivity index is 1.72. The van der Waals surface area contributed by atoms with Crippen LogP contribution in [0.4, 0.5) is 0 Å². The van der Waals surface area contributed by atoms with Gasteiger partial charge in [0.25, 0.3) is 0 Å². The quantitative estimate of drug-likeness (QED) is 0.749. The van der Waals surface area contributed by atoms with Crippen LogP contribution in [0.15, 0.2) is 38.2 Å². The van der Waals surface area contributed by atoms with Gasteiger partial charge in [-0.25, -0.2) is 8.42 Å². The summed E-state index contributed by atoms with van der Waals surface area (Å²) in [6, 6.07) is 8.13.